The second-order valence-corrected chi connectivity index (χ2v) is 4.11. The molecule has 1 rings (SSSR count). The fourth-order valence-corrected chi connectivity index (χ4v) is 1.40. The Bertz CT molecular complexity index is 320. The SMILES string of the molecule is CCCCOCCNc1cc(NCCC)ncn1. The van der Waals surface area contributed by atoms with Crippen molar-refractivity contribution in [3.8, 4) is 0 Å². The van der Waals surface area contributed by atoms with Crippen LogP contribution in [-0.4, -0.2) is 36.3 Å². The van der Waals surface area contributed by atoms with Crippen LogP contribution in [0.1, 0.15) is 33.1 Å². The standard InChI is InChI=1S/C13H24N4O/c1-3-5-8-18-9-7-15-13-10-12(14-6-4-2)16-11-17-13/h10-11H,3-9H2,1-2H3,(H2,14,15,16,17). The van der Waals surface area contributed by atoms with E-state index in [-0.39, 0.29) is 0 Å². The van der Waals surface area contributed by atoms with E-state index in [0.717, 1.165) is 44.2 Å². The molecule has 18 heavy (non-hydrogen) atoms. The quantitative estimate of drug-likeness (QED) is 0.627. The smallest absolute Gasteiger partial charge is 0.131 e. The summed E-state index contributed by atoms with van der Waals surface area (Å²) in [5.41, 5.74) is 0. The average molecular weight is 252 g/mol. The Balaban J connectivity index is 2.20. The molecule has 0 amide bonds. The highest BCUT2D eigenvalue weighted by molar-refractivity contribution is 5.46. The third-order valence-electron chi connectivity index (χ3n) is 2.42. The van der Waals surface area contributed by atoms with E-state index in [4.69, 9.17) is 4.74 Å². The van der Waals surface area contributed by atoms with Crippen LogP contribution in [0.15, 0.2) is 12.4 Å². The maximum atomic E-state index is 5.47. The molecule has 0 unspecified atom stereocenters. The zero-order valence-electron chi connectivity index (χ0n) is 11.4. The van der Waals surface area contributed by atoms with Gasteiger partial charge in [0.25, 0.3) is 0 Å². The zero-order chi connectivity index (χ0) is 13.1. The molecule has 0 bridgehead atoms. The highest BCUT2D eigenvalue weighted by atomic mass is 16.5. The van der Waals surface area contributed by atoms with Crippen LogP contribution in [0, 0.1) is 0 Å². The fourth-order valence-electron chi connectivity index (χ4n) is 1.40. The van der Waals surface area contributed by atoms with Gasteiger partial charge in [0, 0.05) is 25.8 Å². The molecule has 0 aliphatic carbocycles. The topological polar surface area (TPSA) is 59.1 Å². The first-order chi connectivity index (χ1) is 8.86. The number of ether oxygens (including phenoxy) is 1. The van der Waals surface area contributed by atoms with Crippen molar-refractivity contribution in [2.45, 2.75) is 33.1 Å². The monoisotopic (exact) mass is 252 g/mol. The van der Waals surface area contributed by atoms with Gasteiger partial charge < -0.3 is 15.4 Å². The van der Waals surface area contributed by atoms with E-state index in [1.165, 1.54) is 6.42 Å². The minimum absolute atomic E-state index is 0.710. The Morgan fingerprint density at radius 2 is 1.72 bits per heavy atom. The largest absolute Gasteiger partial charge is 0.380 e. The summed E-state index contributed by atoms with van der Waals surface area (Å²) in [6.45, 7) is 7.53. The lowest BCUT2D eigenvalue weighted by Crippen LogP contribution is -2.11. The first kappa shape index (κ1) is 14.7. The molecule has 0 saturated carbocycles. The van der Waals surface area contributed by atoms with Gasteiger partial charge >= 0.3 is 0 Å². The van der Waals surface area contributed by atoms with E-state index in [1.54, 1.807) is 6.33 Å². The minimum atomic E-state index is 0.710. The number of rotatable bonds is 10. The maximum Gasteiger partial charge on any atom is 0.131 e. The summed E-state index contributed by atoms with van der Waals surface area (Å²) in [7, 11) is 0. The molecule has 1 aromatic rings. The van der Waals surface area contributed by atoms with E-state index >= 15 is 0 Å². The molecule has 0 aromatic carbocycles. The zero-order valence-corrected chi connectivity index (χ0v) is 11.4. The molecule has 0 aliphatic rings. The van der Waals surface area contributed by atoms with Gasteiger partial charge in [-0.2, -0.15) is 0 Å². The summed E-state index contributed by atoms with van der Waals surface area (Å²) >= 11 is 0. The predicted molar refractivity (Wildman–Crippen MR) is 75.0 cm³/mol. The van der Waals surface area contributed by atoms with Crippen LogP contribution in [0.25, 0.3) is 0 Å². The summed E-state index contributed by atoms with van der Waals surface area (Å²) in [6, 6.07) is 1.92. The van der Waals surface area contributed by atoms with Gasteiger partial charge in [0.15, 0.2) is 0 Å². The molecule has 2 N–H and O–H groups in total. The van der Waals surface area contributed by atoms with Crippen LogP contribution in [0.3, 0.4) is 0 Å². The lowest BCUT2D eigenvalue weighted by atomic mass is 10.4. The number of hydrogen-bond donors (Lipinski definition) is 2. The second-order valence-electron chi connectivity index (χ2n) is 4.11. The molecule has 5 nitrogen and oxygen atoms in total. The summed E-state index contributed by atoms with van der Waals surface area (Å²) in [5, 5.41) is 6.45. The number of nitrogens with one attached hydrogen (secondary N) is 2. The summed E-state index contributed by atoms with van der Waals surface area (Å²) < 4.78 is 5.47. The Morgan fingerprint density at radius 3 is 2.39 bits per heavy atom. The highest BCUT2D eigenvalue weighted by Gasteiger charge is 1.97. The second kappa shape index (κ2) is 9.65. The number of hydrogen-bond acceptors (Lipinski definition) is 5. The van der Waals surface area contributed by atoms with Crippen LogP contribution in [0.5, 0.6) is 0 Å². The number of unbranched alkanes of at least 4 members (excludes halogenated alkanes) is 1. The van der Waals surface area contributed by atoms with Crippen LogP contribution >= 0.6 is 0 Å². The molecule has 0 aliphatic heterocycles. The summed E-state index contributed by atoms with van der Waals surface area (Å²) in [6.07, 6.45) is 4.95. The van der Waals surface area contributed by atoms with Gasteiger partial charge in [0.05, 0.1) is 6.61 Å². The van der Waals surface area contributed by atoms with E-state index in [9.17, 15) is 0 Å². The summed E-state index contributed by atoms with van der Waals surface area (Å²) in [4.78, 5) is 8.32. The molecule has 0 saturated heterocycles. The van der Waals surface area contributed by atoms with Crippen molar-refractivity contribution in [2.24, 2.45) is 0 Å². The molecule has 0 atom stereocenters. The minimum Gasteiger partial charge on any atom is -0.380 e. The molecule has 1 aromatic heterocycles. The normalized spacial score (nSPS) is 10.3. The number of nitrogens with zero attached hydrogens (tertiary/aromatic N) is 2. The van der Waals surface area contributed by atoms with Crippen molar-refractivity contribution in [1.82, 2.24) is 9.97 Å². The summed E-state index contributed by atoms with van der Waals surface area (Å²) in [5.74, 6) is 1.70. The van der Waals surface area contributed by atoms with Crippen molar-refractivity contribution in [1.29, 1.82) is 0 Å². The Morgan fingerprint density at radius 1 is 1.00 bits per heavy atom. The van der Waals surface area contributed by atoms with E-state index in [0.29, 0.717) is 6.61 Å². The van der Waals surface area contributed by atoms with Crippen molar-refractivity contribution in [3.63, 3.8) is 0 Å². The van der Waals surface area contributed by atoms with Crippen LogP contribution in [-0.2, 0) is 4.74 Å². The van der Waals surface area contributed by atoms with E-state index < -0.39 is 0 Å². The number of anilines is 2. The van der Waals surface area contributed by atoms with Crippen molar-refractivity contribution < 1.29 is 4.74 Å². The van der Waals surface area contributed by atoms with Crippen LogP contribution < -0.4 is 10.6 Å². The van der Waals surface area contributed by atoms with Gasteiger partial charge in [-0.25, -0.2) is 9.97 Å². The molecular formula is C13H24N4O. The van der Waals surface area contributed by atoms with E-state index in [1.807, 2.05) is 6.07 Å². The molecule has 0 radical (unpaired) electrons. The van der Waals surface area contributed by atoms with Crippen molar-refractivity contribution in [2.75, 3.05) is 36.9 Å². The van der Waals surface area contributed by atoms with Gasteiger partial charge in [0.2, 0.25) is 0 Å². The highest BCUT2D eigenvalue weighted by Crippen LogP contribution is 2.07. The molecule has 1 heterocycles. The first-order valence-corrected chi connectivity index (χ1v) is 6.74. The lowest BCUT2D eigenvalue weighted by molar-refractivity contribution is 0.141. The van der Waals surface area contributed by atoms with Gasteiger partial charge in [-0.1, -0.05) is 20.3 Å². The average Bonchev–Trinajstić information content (AvgIpc) is 2.41. The molecule has 5 heteroatoms. The van der Waals surface area contributed by atoms with Gasteiger partial charge in [-0.3, -0.25) is 0 Å². The molecule has 0 fully saturated rings. The van der Waals surface area contributed by atoms with Gasteiger partial charge in [-0.05, 0) is 12.8 Å². The van der Waals surface area contributed by atoms with Crippen molar-refractivity contribution >= 4 is 11.6 Å². The lowest BCUT2D eigenvalue weighted by Gasteiger charge is -2.08. The van der Waals surface area contributed by atoms with Crippen LogP contribution in [0.4, 0.5) is 11.6 Å². The third-order valence-corrected chi connectivity index (χ3v) is 2.42. The number of aromatic nitrogens is 2. The molecule has 102 valence electrons. The predicted octanol–water partition coefficient (Wildman–Crippen LogP) is 2.53. The van der Waals surface area contributed by atoms with Gasteiger partial charge in [0.1, 0.15) is 18.0 Å². The maximum absolute atomic E-state index is 5.47. The third kappa shape index (κ3) is 6.39. The molecular weight excluding hydrogens is 228 g/mol. The van der Waals surface area contributed by atoms with E-state index in [2.05, 4.69) is 34.4 Å². The van der Waals surface area contributed by atoms with Crippen LogP contribution in [0.2, 0.25) is 0 Å². The fraction of sp³-hybridized carbons (Fsp3) is 0.692. The Labute approximate surface area is 109 Å². The Hall–Kier alpha value is -1.36. The van der Waals surface area contributed by atoms with Crippen molar-refractivity contribution in [3.05, 3.63) is 12.4 Å². The first-order valence-electron chi connectivity index (χ1n) is 6.74. The Kier molecular flexibility index (Phi) is 7.88. The molecule has 0 spiro atoms. The van der Waals surface area contributed by atoms with Gasteiger partial charge in [-0.15, -0.1) is 0 Å².